The van der Waals surface area contributed by atoms with Crippen molar-refractivity contribution in [1.29, 1.82) is 0 Å². The number of hydrogen-bond donors (Lipinski definition) is 3. The molecule has 0 aliphatic heterocycles. The number of carbonyl (C=O) groups is 3. The Labute approximate surface area is 159 Å². The van der Waals surface area contributed by atoms with E-state index in [0.717, 1.165) is 4.90 Å². The minimum absolute atomic E-state index is 0.0308. The van der Waals surface area contributed by atoms with Crippen molar-refractivity contribution < 1.29 is 18.8 Å². The summed E-state index contributed by atoms with van der Waals surface area (Å²) in [5.74, 6) is -2.41. The van der Waals surface area contributed by atoms with Crippen LogP contribution in [0.15, 0.2) is 24.3 Å². The number of nitrogen functional groups attached to an aromatic ring is 1. The van der Waals surface area contributed by atoms with Gasteiger partial charge in [-0.1, -0.05) is 0 Å². The molecule has 0 unspecified atom stereocenters. The molecule has 144 valence electrons. The minimum Gasteiger partial charge on any atom is -0.395 e. The van der Waals surface area contributed by atoms with E-state index in [2.05, 4.69) is 9.69 Å². The van der Waals surface area contributed by atoms with Gasteiger partial charge in [0, 0.05) is 11.2 Å². The van der Waals surface area contributed by atoms with Crippen LogP contribution in [0, 0.1) is 5.82 Å². The van der Waals surface area contributed by atoms with Crippen molar-refractivity contribution in [3.63, 3.8) is 0 Å². The topological polar surface area (TPSA) is 131 Å². The average Bonchev–Trinajstić information content (AvgIpc) is 2.93. The summed E-state index contributed by atoms with van der Waals surface area (Å²) in [5.41, 5.74) is 10.4. The zero-order valence-corrected chi connectivity index (χ0v) is 15.9. The summed E-state index contributed by atoms with van der Waals surface area (Å²) in [6.07, 6.45) is 0. The highest BCUT2D eigenvalue weighted by molar-refractivity contribution is 7.09. The number of nitrogens with two attached hydrogens (primary N) is 2. The van der Waals surface area contributed by atoms with E-state index in [-0.39, 0.29) is 22.8 Å². The summed E-state index contributed by atoms with van der Waals surface area (Å²) < 4.78 is 17.1. The number of nitrogens with one attached hydrogen (secondary N) is 1. The summed E-state index contributed by atoms with van der Waals surface area (Å²) >= 11 is 0.706. The van der Waals surface area contributed by atoms with Crippen LogP contribution >= 0.6 is 11.5 Å². The zero-order valence-electron chi connectivity index (χ0n) is 15.1. The van der Waals surface area contributed by atoms with Gasteiger partial charge in [0.05, 0.1) is 5.69 Å². The number of anilines is 2. The quantitative estimate of drug-likeness (QED) is 0.709. The molecule has 0 aliphatic carbocycles. The second kappa shape index (κ2) is 7.70. The number of primary amides is 1. The molecule has 2 aromatic rings. The molecule has 1 aromatic carbocycles. The first-order valence-electron chi connectivity index (χ1n) is 7.93. The van der Waals surface area contributed by atoms with Crippen LogP contribution in [0.25, 0.3) is 0 Å². The van der Waals surface area contributed by atoms with E-state index in [1.807, 2.05) is 0 Å². The molecule has 3 amide bonds. The van der Waals surface area contributed by atoms with E-state index in [0.29, 0.717) is 17.2 Å². The highest BCUT2D eigenvalue weighted by atomic mass is 32.1. The Balaban J connectivity index is 2.39. The van der Waals surface area contributed by atoms with Crippen LogP contribution in [0.3, 0.4) is 0 Å². The number of benzene rings is 1. The first kappa shape index (κ1) is 20.3. The number of carbonyl (C=O) groups excluding carboxylic acids is 3. The Morgan fingerprint density at radius 1 is 1.22 bits per heavy atom. The lowest BCUT2D eigenvalue weighted by atomic mass is 10.1. The van der Waals surface area contributed by atoms with Crippen LogP contribution in [0.2, 0.25) is 0 Å². The number of rotatable bonds is 5. The summed E-state index contributed by atoms with van der Waals surface area (Å²) in [6, 6.07) is 5.07. The van der Waals surface area contributed by atoms with Crippen LogP contribution < -0.4 is 21.7 Å². The standard InChI is InChI=1S/C17H20FN5O3S/c1-17(2,3)21-11(24)8-23(10-6-4-9(18)5-7-10)16(26)14-12(19)13(15(20)25)22-27-14/h4-7H,8,19H2,1-3H3,(H2,20,25)(H,21,24). The smallest absolute Gasteiger partial charge is 0.272 e. The predicted molar refractivity (Wildman–Crippen MR) is 101 cm³/mol. The Morgan fingerprint density at radius 2 is 1.81 bits per heavy atom. The third-order valence-electron chi connectivity index (χ3n) is 3.36. The molecular weight excluding hydrogens is 373 g/mol. The number of hydrogen-bond acceptors (Lipinski definition) is 6. The molecule has 8 nitrogen and oxygen atoms in total. The average molecular weight is 393 g/mol. The first-order chi connectivity index (χ1) is 12.5. The summed E-state index contributed by atoms with van der Waals surface area (Å²) in [7, 11) is 0. The third-order valence-corrected chi connectivity index (χ3v) is 4.21. The van der Waals surface area contributed by atoms with Crippen LogP contribution in [0.5, 0.6) is 0 Å². The van der Waals surface area contributed by atoms with Gasteiger partial charge in [-0.05, 0) is 56.6 Å². The number of nitrogens with zero attached hydrogens (tertiary/aromatic N) is 2. The van der Waals surface area contributed by atoms with Gasteiger partial charge in [0.1, 0.15) is 17.2 Å². The lowest BCUT2D eigenvalue weighted by Crippen LogP contribution is -2.47. The Morgan fingerprint density at radius 3 is 2.30 bits per heavy atom. The lowest BCUT2D eigenvalue weighted by molar-refractivity contribution is -0.121. The molecule has 0 fully saturated rings. The van der Waals surface area contributed by atoms with E-state index < -0.39 is 29.1 Å². The van der Waals surface area contributed by atoms with Crippen molar-refractivity contribution in [2.45, 2.75) is 26.3 Å². The highest BCUT2D eigenvalue weighted by Gasteiger charge is 2.28. The van der Waals surface area contributed by atoms with E-state index in [1.54, 1.807) is 20.8 Å². The maximum atomic E-state index is 13.3. The second-order valence-corrected chi connectivity index (χ2v) is 7.58. The van der Waals surface area contributed by atoms with Gasteiger partial charge in [-0.25, -0.2) is 4.39 Å². The van der Waals surface area contributed by atoms with E-state index in [4.69, 9.17) is 11.5 Å². The van der Waals surface area contributed by atoms with E-state index in [1.165, 1.54) is 24.3 Å². The van der Waals surface area contributed by atoms with Crippen molar-refractivity contribution in [2.75, 3.05) is 17.2 Å². The molecule has 27 heavy (non-hydrogen) atoms. The van der Waals surface area contributed by atoms with Crippen molar-refractivity contribution in [3.8, 4) is 0 Å². The molecule has 0 aliphatic rings. The van der Waals surface area contributed by atoms with Gasteiger partial charge in [0.25, 0.3) is 11.8 Å². The Bertz CT molecular complexity index is 874. The monoisotopic (exact) mass is 393 g/mol. The predicted octanol–water partition coefficient (Wildman–Crippen LogP) is 1.52. The minimum atomic E-state index is -0.860. The summed E-state index contributed by atoms with van der Waals surface area (Å²) in [4.78, 5) is 37.8. The largest absolute Gasteiger partial charge is 0.395 e. The maximum absolute atomic E-state index is 13.3. The van der Waals surface area contributed by atoms with Crippen molar-refractivity contribution in [1.82, 2.24) is 9.69 Å². The van der Waals surface area contributed by atoms with E-state index >= 15 is 0 Å². The van der Waals surface area contributed by atoms with Crippen molar-refractivity contribution >= 4 is 40.6 Å². The van der Waals surface area contributed by atoms with Gasteiger partial charge in [0.15, 0.2) is 5.69 Å². The molecule has 0 radical (unpaired) electrons. The normalized spacial score (nSPS) is 11.1. The summed E-state index contributed by atoms with van der Waals surface area (Å²) in [5, 5.41) is 2.75. The van der Waals surface area contributed by atoms with Crippen LogP contribution in [0.1, 0.15) is 40.9 Å². The fourth-order valence-corrected chi connectivity index (χ4v) is 3.01. The van der Waals surface area contributed by atoms with Gasteiger partial charge >= 0.3 is 0 Å². The molecule has 10 heteroatoms. The fourth-order valence-electron chi connectivity index (χ4n) is 2.25. The maximum Gasteiger partial charge on any atom is 0.272 e. The van der Waals surface area contributed by atoms with Crippen LogP contribution in [0.4, 0.5) is 15.8 Å². The molecular formula is C17H20FN5O3S. The van der Waals surface area contributed by atoms with Crippen LogP contribution in [-0.4, -0.2) is 34.2 Å². The number of amides is 3. The molecule has 1 heterocycles. The number of aromatic nitrogens is 1. The first-order valence-corrected chi connectivity index (χ1v) is 8.70. The Kier molecular flexibility index (Phi) is 5.79. The van der Waals surface area contributed by atoms with E-state index in [9.17, 15) is 18.8 Å². The van der Waals surface area contributed by atoms with Crippen LogP contribution in [-0.2, 0) is 4.79 Å². The molecule has 2 rings (SSSR count). The van der Waals surface area contributed by atoms with Crippen molar-refractivity contribution in [2.24, 2.45) is 5.73 Å². The summed E-state index contributed by atoms with van der Waals surface area (Å²) in [6.45, 7) is 5.07. The number of halogens is 1. The van der Waals surface area contributed by atoms with Gasteiger partial charge in [0.2, 0.25) is 5.91 Å². The molecule has 5 N–H and O–H groups in total. The molecule has 0 atom stereocenters. The fraction of sp³-hybridized carbons (Fsp3) is 0.294. The lowest BCUT2D eigenvalue weighted by Gasteiger charge is -2.25. The highest BCUT2D eigenvalue weighted by Crippen LogP contribution is 2.26. The van der Waals surface area contributed by atoms with Crippen molar-refractivity contribution in [3.05, 3.63) is 40.7 Å². The molecule has 1 aromatic heterocycles. The van der Waals surface area contributed by atoms with Gasteiger partial charge < -0.3 is 16.8 Å². The Hall–Kier alpha value is -3.01. The molecule has 0 saturated heterocycles. The molecule has 0 saturated carbocycles. The second-order valence-electron chi connectivity index (χ2n) is 6.80. The third kappa shape index (κ3) is 5.00. The molecule has 0 bridgehead atoms. The van der Waals surface area contributed by atoms with Gasteiger partial charge in [-0.15, -0.1) is 0 Å². The SMILES string of the molecule is CC(C)(C)NC(=O)CN(C(=O)c1snc(C(N)=O)c1N)c1ccc(F)cc1. The van der Waals surface area contributed by atoms with Gasteiger partial charge in [-0.2, -0.15) is 4.37 Å². The van der Waals surface area contributed by atoms with Gasteiger partial charge in [-0.3, -0.25) is 19.3 Å². The zero-order chi connectivity index (χ0) is 20.4. The molecule has 0 spiro atoms.